The van der Waals surface area contributed by atoms with E-state index in [1.165, 1.54) is 7.11 Å². The summed E-state index contributed by atoms with van der Waals surface area (Å²) in [5.74, 6) is -1.43. The van der Waals surface area contributed by atoms with Gasteiger partial charge in [0.05, 0.1) is 17.5 Å². The van der Waals surface area contributed by atoms with E-state index in [0.717, 1.165) is 18.2 Å². The van der Waals surface area contributed by atoms with Crippen LogP contribution in [0.25, 0.3) is 0 Å². The Morgan fingerprint density at radius 3 is 2.60 bits per heavy atom. The van der Waals surface area contributed by atoms with Crippen LogP contribution < -0.4 is 10.5 Å². The lowest BCUT2D eigenvalue weighted by atomic mass is 10.1. The number of carbonyl (C=O) groups excluding carboxylic acids is 1. The highest BCUT2D eigenvalue weighted by atomic mass is 32.2. The molecule has 3 N–H and O–H groups in total. The molecule has 8 heteroatoms. The predicted octanol–water partition coefficient (Wildman–Crippen LogP) is 0.628. The Labute approximate surface area is 117 Å². The van der Waals surface area contributed by atoms with Crippen LogP contribution in [0.15, 0.2) is 23.1 Å². The fraction of sp³-hybridized carbons (Fsp3) is 0.417. The van der Waals surface area contributed by atoms with Crippen LogP contribution in [0.2, 0.25) is 0 Å². The normalized spacial score (nSPS) is 13.0. The van der Waals surface area contributed by atoms with Crippen molar-refractivity contribution in [2.45, 2.75) is 24.3 Å². The van der Waals surface area contributed by atoms with Crippen molar-refractivity contribution in [2.75, 3.05) is 13.7 Å². The third kappa shape index (κ3) is 4.55. The molecule has 0 bridgehead atoms. The maximum atomic E-state index is 13.4. The molecule has 20 heavy (non-hydrogen) atoms. The van der Waals surface area contributed by atoms with Crippen LogP contribution in [0.4, 0.5) is 4.39 Å². The highest BCUT2D eigenvalue weighted by molar-refractivity contribution is 7.89. The molecule has 0 heterocycles. The van der Waals surface area contributed by atoms with Crippen molar-refractivity contribution in [3.63, 3.8) is 0 Å². The van der Waals surface area contributed by atoms with E-state index in [9.17, 15) is 17.6 Å². The monoisotopic (exact) mass is 304 g/mol. The average molecular weight is 304 g/mol. The molecule has 0 fully saturated rings. The van der Waals surface area contributed by atoms with E-state index < -0.39 is 26.6 Å². The van der Waals surface area contributed by atoms with Gasteiger partial charge in [0.25, 0.3) is 5.91 Å². The molecular weight excluding hydrogens is 287 g/mol. The summed E-state index contributed by atoms with van der Waals surface area (Å²) in [5, 5.41) is 7.55. The van der Waals surface area contributed by atoms with Gasteiger partial charge in [-0.2, -0.15) is 0 Å². The lowest BCUT2D eigenvalue weighted by molar-refractivity contribution is 0.0894. The standard InChI is InChI=1S/C12H17FN2O4S/c1-3-10(7-19-2)15-12(16)8-4-9(13)6-11(5-8)20(14,17)18/h4-6,10H,3,7H2,1-2H3,(H,15,16)(H2,14,17,18). The van der Waals surface area contributed by atoms with Gasteiger partial charge in [0.15, 0.2) is 0 Å². The Morgan fingerprint density at radius 1 is 1.45 bits per heavy atom. The van der Waals surface area contributed by atoms with E-state index in [2.05, 4.69) is 5.32 Å². The van der Waals surface area contributed by atoms with Crippen LogP contribution in [0.1, 0.15) is 23.7 Å². The van der Waals surface area contributed by atoms with Crippen molar-refractivity contribution in [1.82, 2.24) is 5.32 Å². The van der Waals surface area contributed by atoms with Gasteiger partial charge in [-0.05, 0) is 24.6 Å². The van der Waals surface area contributed by atoms with Crippen molar-refractivity contribution in [3.8, 4) is 0 Å². The Kier molecular flexibility index (Phi) is 5.61. The Hall–Kier alpha value is -1.51. The van der Waals surface area contributed by atoms with Crippen LogP contribution in [0.3, 0.4) is 0 Å². The maximum Gasteiger partial charge on any atom is 0.251 e. The molecule has 0 aliphatic rings. The number of nitrogens with two attached hydrogens (primary N) is 1. The molecule has 1 aromatic rings. The molecular formula is C12H17FN2O4S. The molecule has 0 spiro atoms. The van der Waals surface area contributed by atoms with Crippen molar-refractivity contribution < 1.29 is 22.3 Å². The van der Waals surface area contributed by atoms with E-state index in [1.54, 1.807) is 0 Å². The third-order valence-corrected chi connectivity index (χ3v) is 3.55. The molecule has 1 unspecified atom stereocenters. The van der Waals surface area contributed by atoms with Crippen LogP contribution in [-0.4, -0.2) is 34.1 Å². The molecule has 0 aliphatic carbocycles. The summed E-state index contributed by atoms with van der Waals surface area (Å²) in [6.07, 6.45) is 0.622. The largest absolute Gasteiger partial charge is 0.383 e. The summed E-state index contributed by atoms with van der Waals surface area (Å²) in [6.45, 7) is 2.16. The number of benzene rings is 1. The van der Waals surface area contributed by atoms with E-state index in [1.807, 2.05) is 6.92 Å². The lowest BCUT2D eigenvalue weighted by Gasteiger charge is -2.16. The van der Waals surface area contributed by atoms with Gasteiger partial charge in [-0.15, -0.1) is 0 Å². The quantitative estimate of drug-likeness (QED) is 0.805. The molecule has 1 atom stereocenters. The SMILES string of the molecule is CCC(COC)NC(=O)c1cc(F)cc(S(N)(=O)=O)c1. The highest BCUT2D eigenvalue weighted by Crippen LogP contribution is 2.13. The number of rotatable bonds is 6. The summed E-state index contributed by atoms with van der Waals surface area (Å²) in [5.41, 5.74) is -0.108. The first-order valence-electron chi connectivity index (χ1n) is 5.91. The molecule has 0 saturated carbocycles. The predicted molar refractivity (Wildman–Crippen MR) is 71.2 cm³/mol. The highest BCUT2D eigenvalue weighted by Gasteiger charge is 2.17. The number of primary sulfonamides is 1. The first-order chi connectivity index (χ1) is 9.27. The molecule has 112 valence electrons. The second-order valence-corrected chi connectivity index (χ2v) is 5.82. The summed E-state index contributed by atoms with van der Waals surface area (Å²) < 4.78 is 40.7. The van der Waals surface area contributed by atoms with Gasteiger partial charge in [0, 0.05) is 12.7 Å². The van der Waals surface area contributed by atoms with Gasteiger partial charge < -0.3 is 10.1 Å². The minimum atomic E-state index is -4.07. The fourth-order valence-electron chi connectivity index (χ4n) is 1.59. The average Bonchev–Trinajstić information content (AvgIpc) is 2.36. The molecule has 0 radical (unpaired) electrons. The number of halogens is 1. The number of nitrogens with one attached hydrogen (secondary N) is 1. The summed E-state index contributed by atoms with van der Waals surface area (Å²) >= 11 is 0. The maximum absolute atomic E-state index is 13.4. The van der Waals surface area contributed by atoms with Crippen molar-refractivity contribution in [2.24, 2.45) is 5.14 Å². The number of methoxy groups -OCH3 is 1. The fourth-order valence-corrected chi connectivity index (χ4v) is 2.16. The zero-order valence-electron chi connectivity index (χ0n) is 11.2. The second-order valence-electron chi connectivity index (χ2n) is 4.25. The van der Waals surface area contributed by atoms with E-state index in [-0.39, 0.29) is 11.6 Å². The van der Waals surface area contributed by atoms with Crippen LogP contribution in [0, 0.1) is 5.82 Å². The summed E-state index contributed by atoms with van der Waals surface area (Å²) in [6, 6.07) is 2.50. The smallest absolute Gasteiger partial charge is 0.251 e. The third-order valence-electron chi connectivity index (χ3n) is 2.66. The Bertz CT molecular complexity index is 589. The summed E-state index contributed by atoms with van der Waals surface area (Å²) in [4.78, 5) is 11.5. The molecule has 1 aromatic carbocycles. The van der Waals surface area contributed by atoms with Gasteiger partial charge in [0.2, 0.25) is 10.0 Å². The first kappa shape index (κ1) is 16.5. The number of sulfonamides is 1. The molecule has 0 saturated heterocycles. The first-order valence-corrected chi connectivity index (χ1v) is 7.45. The van der Waals surface area contributed by atoms with E-state index >= 15 is 0 Å². The summed E-state index contributed by atoms with van der Waals surface area (Å²) in [7, 11) is -2.57. The van der Waals surface area contributed by atoms with Crippen LogP contribution in [-0.2, 0) is 14.8 Å². The number of hydrogen-bond acceptors (Lipinski definition) is 4. The number of hydrogen-bond donors (Lipinski definition) is 2. The zero-order valence-corrected chi connectivity index (χ0v) is 12.0. The Morgan fingerprint density at radius 2 is 2.10 bits per heavy atom. The molecule has 0 aromatic heterocycles. The zero-order chi connectivity index (χ0) is 15.3. The van der Waals surface area contributed by atoms with Crippen molar-refractivity contribution >= 4 is 15.9 Å². The van der Waals surface area contributed by atoms with Crippen LogP contribution >= 0.6 is 0 Å². The molecule has 1 rings (SSSR count). The number of ether oxygens (including phenoxy) is 1. The lowest BCUT2D eigenvalue weighted by Crippen LogP contribution is -2.37. The Balaban J connectivity index is 3.02. The molecule has 1 amide bonds. The van der Waals surface area contributed by atoms with E-state index in [4.69, 9.17) is 9.88 Å². The van der Waals surface area contributed by atoms with Gasteiger partial charge in [-0.1, -0.05) is 6.92 Å². The molecule has 6 nitrogen and oxygen atoms in total. The van der Waals surface area contributed by atoms with Crippen LogP contribution in [0.5, 0.6) is 0 Å². The van der Waals surface area contributed by atoms with Gasteiger partial charge >= 0.3 is 0 Å². The van der Waals surface area contributed by atoms with Gasteiger partial charge in [0.1, 0.15) is 5.82 Å². The van der Waals surface area contributed by atoms with Gasteiger partial charge in [-0.3, -0.25) is 4.79 Å². The minimum absolute atomic E-state index is 0.108. The number of amides is 1. The topological polar surface area (TPSA) is 98.5 Å². The molecule has 0 aliphatic heterocycles. The van der Waals surface area contributed by atoms with Crippen molar-refractivity contribution in [3.05, 3.63) is 29.6 Å². The van der Waals surface area contributed by atoms with Gasteiger partial charge in [-0.25, -0.2) is 17.9 Å². The minimum Gasteiger partial charge on any atom is -0.383 e. The van der Waals surface area contributed by atoms with E-state index in [0.29, 0.717) is 13.0 Å². The van der Waals surface area contributed by atoms with Crippen molar-refractivity contribution in [1.29, 1.82) is 0 Å². The second kappa shape index (κ2) is 6.78. The number of carbonyl (C=O) groups is 1.